The molecule has 0 radical (unpaired) electrons. The normalized spacial score (nSPS) is 11.7. The third-order valence-electron chi connectivity index (χ3n) is 2.01. The highest BCUT2D eigenvalue weighted by Crippen LogP contribution is 2.51. The zero-order valence-corrected chi connectivity index (χ0v) is 11.3. The van der Waals surface area contributed by atoms with Gasteiger partial charge >= 0.3 is 7.60 Å². The van der Waals surface area contributed by atoms with Crippen molar-refractivity contribution in [2.24, 2.45) is 0 Å². The van der Waals surface area contributed by atoms with Gasteiger partial charge in [0.05, 0.1) is 19.4 Å². The van der Waals surface area contributed by atoms with Gasteiger partial charge in [0.1, 0.15) is 0 Å². The molecule has 0 aliphatic heterocycles. The van der Waals surface area contributed by atoms with Gasteiger partial charge in [0, 0.05) is 4.90 Å². The van der Waals surface area contributed by atoms with E-state index in [0.29, 0.717) is 13.2 Å². The van der Waals surface area contributed by atoms with Crippen LogP contribution in [0.15, 0.2) is 29.2 Å². The maximum atomic E-state index is 12.3. The highest BCUT2D eigenvalue weighted by Gasteiger charge is 2.24. The number of benzene rings is 1. The Labute approximate surface area is 102 Å². The first-order chi connectivity index (χ1) is 7.61. The second kappa shape index (κ2) is 6.45. The fraction of sp³-hybridized carbons (Fsp3) is 0.455. The van der Waals surface area contributed by atoms with Crippen LogP contribution in [-0.2, 0) is 19.8 Å². The molecule has 0 N–H and O–H groups in total. The lowest BCUT2D eigenvalue weighted by atomic mass is 10.2. The lowest BCUT2D eigenvalue weighted by Gasteiger charge is -2.17. The second-order valence-corrected chi connectivity index (χ2v) is 5.77. The van der Waals surface area contributed by atoms with Crippen LogP contribution in [0.1, 0.15) is 19.4 Å². The number of hydrogen-bond donors (Lipinski definition) is 1. The summed E-state index contributed by atoms with van der Waals surface area (Å²) in [5, 5.41) is 0. The summed E-state index contributed by atoms with van der Waals surface area (Å²) >= 11 is 4.31. The van der Waals surface area contributed by atoms with E-state index in [0.717, 1.165) is 10.5 Å². The fourth-order valence-electron chi connectivity index (χ4n) is 1.38. The Morgan fingerprint density at radius 3 is 2.25 bits per heavy atom. The molecule has 0 aromatic heterocycles. The molecule has 0 amide bonds. The van der Waals surface area contributed by atoms with Crippen molar-refractivity contribution in [2.75, 3.05) is 13.2 Å². The van der Waals surface area contributed by atoms with Gasteiger partial charge in [0.2, 0.25) is 0 Å². The predicted octanol–water partition coefficient (Wildman–Crippen LogP) is 3.74. The SMILES string of the molecule is CCOP(=O)(Cc1ccccc1S)OCC. The van der Waals surface area contributed by atoms with Crippen LogP contribution < -0.4 is 0 Å². The fourth-order valence-corrected chi connectivity index (χ4v) is 3.48. The van der Waals surface area contributed by atoms with Crippen molar-refractivity contribution >= 4 is 20.2 Å². The van der Waals surface area contributed by atoms with E-state index < -0.39 is 7.60 Å². The van der Waals surface area contributed by atoms with Gasteiger partial charge in [0.15, 0.2) is 0 Å². The standard InChI is InChI=1S/C11H17O3PS/c1-3-13-15(12,14-4-2)9-10-7-5-6-8-11(10)16/h5-8,16H,3-4,9H2,1-2H3. The zero-order chi connectivity index (χ0) is 12.0. The highest BCUT2D eigenvalue weighted by atomic mass is 32.1. The van der Waals surface area contributed by atoms with Crippen LogP contribution in [0.3, 0.4) is 0 Å². The van der Waals surface area contributed by atoms with E-state index >= 15 is 0 Å². The molecule has 0 saturated heterocycles. The zero-order valence-electron chi connectivity index (χ0n) is 9.55. The molecule has 0 unspecified atom stereocenters. The van der Waals surface area contributed by atoms with E-state index in [1.54, 1.807) is 13.8 Å². The average Bonchev–Trinajstić information content (AvgIpc) is 2.22. The van der Waals surface area contributed by atoms with Crippen LogP contribution in [-0.4, -0.2) is 13.2 Å². The lowest BCUT2D eigenvalue weighted by molar-refractivity contribution is 0.219. The van der Waals surface area contributed by atoms with E-state index in [9.17, 15) is 4.57 Å². The molecule has 0 fully saturated rings. The topological polar surface area (TPSA) is 35.5 Å². The Morgan fingerprint density at radius 1 is 1.19 bits per heavy atom. The van der Waals surface area contributed by atoms with Gasteiger partial charge in [-0.15, -0.1) is 12.6 Å². The first-order valence-electron chi connectivity index (χ1n) is 5.26. The molecule has 1 rings (SSSR count). The molecule has 5 heteroatoms. The van der Waals surface area contributed by atoms with Gasteiger partial charge in [0.25, 0.3) is 0 Å². The van der Waals surface area contributed by atoms with Gasteiger partial charge in [-0.1, -0.05) is 18.2 Å². The van der Waals surface area contributed by atoms with E-state index in [1.807, 2.05) is 24.3 Å². The van der Waals surface area contributed by atoms with E-state index in [2.05, 4.69) is 12.6 Å². The molecule has 1 aromatic carbocycles. The first kappa shape index (κ1) is 13.8. The predicted molar refractivity (Wildman–Crippen MR) is 68.3 cm³/mol. The Balaban J connectivity index is 2.83. The summed E-state index contributed by atoms with van der Waals surface area (Å²) in [4.78, 5) is 0.808. The lowest BCUT2D eigenvalue weighted by Crippen LogP contribution is -1.99. The smallest absolute Gasteiger partial charge is 0.309 e. The molecule has 0 atom stereocenters. The van der Waals surface area contributed by atoms with Crippen molar-refractivity contribution in [1.29, 1.82) is 0 Å². The summed E-state index contributed by atoms with van der Waals surface area (Å²) in [7, 11) is -3.02. The van der Waals surface area contributed by atoms with Crippen LogP contribution in [0.4, 0.5) is 0 Å². The quantitative estimate of drug-likeness (QED) is 0.625. The van der Waals surface area contributed by atoms with Crippen molar-refractivity contribution in [3.05, 3.63) is 29.8 Å². The Kier molecular flexibility index (Phi) is 5.56. The van der Waals surface area contributed by atoms with E-state index in [1.165, 1.54) is 0 Å². The largest absolute Gasteiger partial charge is 0.335 e. The summed E-state index contributed by atoms with van der Waals surface area (Å²) < 4.78 is 22.7. The molecule has 0 bridgehead atoms. The molecular formula is C11H17O3PS. The van der Waals surface area contributed by atoms with Crippen molar-refractivity contribution in [1.82, 2.24) is 0 Å². The monoisotopic (exact) mass is 260 g/mol. The molecule has 16 heavy (non-hydrogen) atoms. The summed E-state index contributed by atoms with van der Waals surface area (Å²) in [5.41, 5.74) is 0.885. The van der Waals surface area contributed by atoms with Gasteiger partial charge in [-0.2, -0.15) is 0 Å². The van der Waals surface area contributed by atoms with Crippen molar-refractivity contribution in [3.63, 3.8) is 0 Å². The van der Waals surface area contributed by atoms with Gasteiger partial charge in [-0.05, 0) is 25.5 Å². The van der Waals surface area contributed by atoms with Crippen LogP contribution >= 0.6 is 20.2 Å². The Morgan fingerprint density at radius 2 is 1.75 bits per heavy atom. The number of thiol groups is 1. The van der Waals surface area contributed by atoms with Gasteiger partial charge in [-0.3, -0.25) is 4.57 Å². The van der Waals surface area contributed by atoms with E-state index in [4.69, 9.17) is 9.05 Å². The molecule has 1 aromatic rings. The minimum absolute atomic E-state index is 0.272. The molecule has 0 spiro atoms. The first-order valence-corrected chi connectivity index (χ1v) is 7.44. The number of rotatable bonds is 6. The molecule has 0 aliphatic carbocycles. The summed E-state index contributed by atoms with van der Waals surface area (Å²) in [6.45, 7) is 4.37. The second-order valence-electron chi connectivity index (χ2n) is 3.23. The molecule has 0 aliphatic rings. The molecular weight excluding hydrogens is 243 g/mol. The molecule has 3 nitrogen and oxygen atoms in total. The van der Waals surface area contributed by atoms with E-state index in [-0.39, 0.29) is 6.16 Å². The summed E-state index contributed by atoms with van der Waals surface area (Å²) in [6.07, 6.45) is 0.272. The highest BCUT2D eigenvalue weighted by molar-refractivity contribution is 7.80. The Hall–Kier alpha value is -0.280. The average molecular weight is 260 g/mol. The van der Waals surface area contributed by atoms with Gasteiger partial charge < -0.3 is 9.05 Å². The van der Waals surface area contributed by atoms with Crippen LogP contribution in [0.25, 0.3) is 0 Å². The molecule has 0 saturated carbocycles. The number of hydrogen-bond acceptors (Lipinski definition) is 4. The third kappa shape index (κ3) is 3.95. The maximum Gasteiger partial charge on any atom is 0.335 e. The van der Waals surface area contributed by atoms with Crippen molar-refractivity contribution in [3.8, 4) is 0 Å². The Bertz CT molecular complexity index is 371. The van der Waals surface area contributed by atoms with Crippen LogP contribution in [0.5, 0.6) is 0 Å². The van der Waals surface area contributed by atoms with Crippen molar-refractivity contribution < 1.29 is 13.6 Å². The van der Waals surface area contributed by atoms with Crippen molar-refractivity contribution in [2.45, 2.75) is 24.9 Å². The summed E-state index contributed by atoms with van der Waals surface area (Å²) in [5.74, 6) is 0. The maximum absolute atomic E-state index is 12.3. The minimum Gasteiger partial charge on any atom is -0.309 e. The third-order valence-corrected chi connectivity index (χ3v) is 4.47. The van der Waals surface area contributed by atoms with Gasteiger partial charge in [-0.25, -0.2) is 0 Å². The van der Waals surface area contributed by atoms with Crippen LogP contribution in [0.2, 0.25) is 0 Å². The molecule has 0 heterocycles. The molecule has 90 valence electrons. The summed E-state index contributed by atoms with van der Waals surface area (Å²) in [6, 6.07) is 7.52. The minimum atomic E-state index is -3.02. The van der Waals surface area contributed by atoms with Crippen LogP contribution in [0, 0.1) is 0 Å².